The van der Waals surface area contributed by atoms with Crippen molar-refractivity contribution in [3.8, 4) is 12.3 Å². The smallest absolute Gasteiger partial charge is 0.230 e. The van der Waals surface area contributed by atoms with E-state index in [-0.39, 0.29) is 0 Å². The maximum Gasteiger partial charge on any atom is 0.230 e. The molecule has 0 saturated heterocycles. The molecule has 58 valence electrons. The van der Waals surface area contributed by atoms with Crippen LogP contribution in [-0.4, -0.2) is 19.0 Å². The Balaban J connectivity index is 3.85. The zero-order chi connectivity index (χ0) is 8.04. The highest BCUT2D eigenvalue weighted by Gasteiger charge is 2.20. The summed E-state index contributed by atoms with van der Waals surface area (Å²) in [5.74, 6) is 1.61. The third kappa shape index (κ3) is 2.86. The van der Waals surface area contributed by atoms with Gasteiger partial charge in [-0.3, -0.25) is 0 Å². The Bertz CT molecular complexity index is 118. The van der Waals surface area contributed by atoms with Gasteiger partial charge in [-0.1, -0.05) is 0 Å². The van der Waals surface area contributed by atoms with Gasteiger partial charge in [0.2, 0.25) is 5.79 Å². The largest absolute Gasteiger partial charge is 0.340 e. The van der Waals surface area contributed by atoms with Gasteiger partial charge >= 0.3 is 0 Å². The highest BCUT2D eigenvalue weighted by atomic mass is 16.7. The van der Waals surface area contributed by atoms with E-state index in [1.54, 1.807) is 6.92 Å². The summed E-state index contributed by atoms with van der Waals surface area (Å²) in [4.78, 5) is 0. The predicted octanol–water partition coefficient (Wildman–Crippen LogP) is 1.41. The minimum Gasteiger partial charge on any atom is -0.340 e. The van der Waals surface area contributed by atoms with Crippen LogP contribution in [0.4, 0.5) is 0 Å². The molecule has 0 atom stereocenters. The van der Waals surface area contributed by atoms with E-state index in [0.717, 1.165) is 0 Å². The summed E-state index contributed by atoms with van der Waals surface area (Å²) in [6.07, 6.45) is 5.18. The summed E-state index contributed by atoms with van der Waals surface area (Å²) in [7, 11) is 0. The molecule has 0 saturated carbocycles. The second-order valence-electron chi connectivity index (χ2n) is 1.96. The fourth-order valence-electron chi connectivity index (χ4n) is 0.676. The van der Waals surface area contributed by atoms with Gasteiger partial charge in [0.1, 0.15) is 0 Å². The highest BCUT2D eigenvalue weighted by Crippen LogP contribution is 2.09. The van der Waals surface area contributed by atoms with Gasteiger partial charge in [-0.2, -0.15) is 0 Å². The molecule has 0 aliphatic heterocycles. The van der Waals surface area contributed by atoms with Crippen LogP contribution in [0.3, 0.4) is 0 Å². The molecular formula is C8H14O2. The van der Waals surface area contributed by atoms with Crippen LogP contribution in [0.1, 0.15) is 20.8 Å². The first-order valence-electron chi connectivity index (χ1n) is 3.44. The van der Waals surface area contributed by atoms with Crippen molar-refractivity contribution in [2.24, 2.45) is 0 Å². The van der Waals surface area contributed by atoms with Crippen molar-refractivity contribution in [1.82, 2.24) is 0 Å². The van der Waals surface area contributed by atoms with E-state index in [9.17, 15) is 0 Å². The van der Waals surface area contributed by atoms with Crippen molar-refractivity contribution in [2.45, 2.75) is 26.6 Å². The SMILES string of the molecule is C#CC(C)(OCC)OCC. The van der Waals surface area contributed by atoms with Crippen molar-refractivity contribution >= 4 is 0 Å². The maximum absolute atomic E-state index is 5.18. The van der Waals surface area contributed by atoms with Gasteiger partial charge in [-0.25, -0.2) is 0 Å². The molecule has 10 heavy (non-hydrogen) atoms. The zero-order valence-corrected chi connectivity index (χ0v) is 6.81. The average molecular weight is 142 g/mol. The molecule has 0 aromatic heterocycles. The molecule has 0 radical (unpaired) electrons. The first-order chi connectivity index (χ1) is 4.68. The van der Waals surface area contributed by atoms with E-state index in [1.165, 1.54) is 0 Å². The van der Waals surface area contributed by atoms with Gasteiger partial charge in [0, 0.05) is 20.1 Å². The molecule has 0 bridgehead atoms. The Hall–Kier alpha value is -0.520. The molecule has 0 heterocycles. The van der Waals surface area contributed by atoms with Crippen molar-refractivity contribution in [2.75, 3.05) is 13.2 Å². The second kappa shape index (κ2) is 4.32. The molecule has 2 heteroatoms. The van der Waals surface area contributed by atoms with Crippen molar-refractivity contribution in [3.05, 3.63) is 0 Å². The predicted molar refractivity (Wildman–Crippen MR) is 40.5 cm³/mol. The van der Waals surface area contributed by atoms with Crippen LogP contribution in [0.15, 0.2) is 0 Å². The molecule has 0 aromatic carbocycles. The molecule has 0 spiro atoms. The molecule has 0 unspecified atom stereocenters. The molecule has 0 aromatic rings. The average Bonchev–Trinajstić information content (AvgIpc) is 1.89. The minimum absolute atomic E-state index is 0.570. The lowest BCUT2D eigenvalue weighted by molar-refractivity contribution is -0.179. The van der Waals surface area contributed by atoms with E-state index in [2.05, 4.69) is 5.92 Å². The van der Waals surface area contributed by atoms with E-state index < -0.39 is 5.79 Å². The molecular weight excluding hydrogens is 128 g/mol. The molecule has 0 rings (SSSR count). The fourth-order valence-corrected chi connectivity index (χ4v) is 0.676. The first kappa shape index (κ1) is 9.48. The number of hydrogen-bond donors (Lipinski definition) is 0. The Kier molecular flexibility index (Phi) is 4.10. The molecule has 0 N–H and O–H groups in total. The number of hydrogen-bond acceptors (Lipinski definition) is 2. The van der Waals surface area contributed by atoms with E-state index in [1.807, 2.05) is 13.8 Å². The van der Waals surface area contributed by atoms with Crippen LogP contribution in [0.25, 0.3) is 0 Å². The standard InChI is InChI=1S/C8H14O2/c1-5-8(4,9-6-2)10-7-3/h1H,6-7H2,2-4H3. The van der Waals surface area contributed by atoms with Crippen LogP contribution >= 0.6 is 0 Å². The lowest BCUT2D eigenvalue weighted by Gasteiger charge is -2.22. The van der Waals surface area contributed by atoms with Crippen LogP contribution in [0.5, 0.6) is 0 Å². The van der Waals surface area contributed by atoms with Gasteiger partial charge in [-0.05, 0) is 19.8 Å². The Morgan fingerprint density at radius 1 is 1.30 bits per heavy atom. The number of ether oxygens (including phenoxy) is 2. The summed E-state index contributed by atoms with van der Waals surface area (Å²) >= 11 is 0. The lowest BCUT2D eigenvalue weighted by Crippen LogP contribution is -2.30. The Morgan fingerprint density at radius 2 is 1.70 bits per heavy atom. The number of terminal acetylenes is 1. The zero-order valence-electron chi connectivity index (χ0n) is 6.81. The normalized spacial score (nSPS) is 11.0. The van der Waals surface area contributed by atoms with Crippen molar-refractivity contribution < 1.29 is 9.47 Å². The quantitative estimate of drug-likeness (QED) is 0.436. The monoisotopic (exact) mass is 142 g/mol. The molecule has 0 fully saturated rings. The van der Waals surface area contributed by atoms with Gasteiger partial charge in [0.05, 0.1) is 0 Å². The molecule has 0 aliphatic rings. The molecule has 2 nitrogen and oxygen atoms in total. The summed E-state index contributed by atoms with van der Waals surface area (Å²) in [6.45, 7) is 6.64. The topological polar surface area (TPSA) is 18.5 Å². The molecule has 0 aliphatic carbocycles. The van der Waals surface area contributed by atoms with Gasteiger partial charge < -0.3 is 9.47 Å². The lowest BCUT2D eigenvalue weighted by atomic mass is 10.3. The number of rotatable bonds is 4. The first-order valence-corrected chi connectivity index (χ1v) is 3.44. The van der Waals surface area contributed by atoms with Crippen LogP contribution < -0.4 is 0 Å². The minimum atomic E-state index is -0.830. The Labute approximate surface area is 62.5 Å². The molecule has 0 amide bonds. The third-order valence-corrected chi connectivity index (χ3v) is 1.10. The van der Waals surface area contributed by atoms with E-state index in [4.69, 9.17) is 15.9 Å². The summed E-state index contributed by atoms with van der Waals surface area (Å²) in [5, 5.41) is 0. The summed E-state index contributed by atoms with van der Waals surface area (Å²) in [6, 6.07) is 0. The van der Waals surface area contributed by atoms with Crippen molar-refractivity contribution in [3.63, 3.8) is 0 Å². The van der Waals surface area contributed by atoms with E-state index in [0.29, 0.717) is 13.2 Å². The third-order valence-electron chi connectivity index (χ3n) is 1.10. The Morgan fingerprint density at radius 3 is 1.90 bits per heavy atom. The fraction of sp³-hybridized carbons (Fsp3) is 0.750. The van der Waals surface area contributed by atoms with Crippen LogP contribution in [-0.2, 0) is 9.47 Å². The van der Waals surface area contributed by atoms with Gasteiger partial charge in [-0.15, -0.1) is 6.42 Å². The van der Waals surface area contributed by atoms with Gasteiger partial charge in [0.25, 0.3) is 0 Å². The highest BCUT2D eigenvalue weighted by molar-refractivity contribution is 4.99. The van der Waals surface area contributed by atoms with Crippen LogP contribution in [0, 0.1) is 12.3 Å². The maximum atomic E-state index is 5.18. The van der Waals surface area contributed by atoms with Gasteiger partial charge in [0.15, 0.2) is 0 Å². The second-order valence-corrected chi connectivity index (χ2v) is 1.96. The van der Waals surface area contributed by atoms with E-state index >= 15 is 0 Å². The van der Waals surface area contributed by atoms with Crippen molar-refractivity contribution in [1.29, 1.82) is 0 Å². The summed E-state index contributed by atoms with van der Waals surface area (Å²) < 4.78 is 10.3. The van der Waals surface area contributed by atoms with Crippen LogP contribution in [0.2, 0.25) is 0 Å². The summed E-state index contributed by atoms with van der Waals surface area (Å²) in [5.41, 5.74) is 0.